The van der Waals surface area contributed by atoms with Crippen molar-refractivity contribution in [1.82, 2.24) is 5.32 Å². The summed E-state index contributed by atoms with van der Waals surface area (Å²) in [6.45, 7) is 3.42. The lowest BCUT2D eigenvalue weighted by atomic mass is 10.3. The molecule has 0 saturated heterocycles. The Bertz CT molecular complexity index is 403. The average molecular weight is 248 g/mol. The summed E-state index contributed by atoms with van der Waals surface area (Å²) in [6, 6.07) is 7.17. The van der Waals surface area contributed by atoms with Gasteiger partial charge in [-0.2, -0.15) is 0 Å². The van der Waals surface area contributed by atoms with Gasteiger partial charge in [-0.1, -0.05) is 6.92 Å². The summed E-state index contributed by atoms with van der Waals surface area (Å²) in [5.41, 5.74) is 6.28. The molecule has 1 amide bonds. The molecule has 0 aliphatic heterocycles. The monoisotopic (exact) mass is 248 g/mol. The van der Waals surface area contributed by atoms with Crippen LogP contribution in [0.2, 0.25) is 0 Å². The van der Waals surface area contributed by atoms with E-state index in [1.807, 2.05) is 0 Å². The number of anilines is 1. The second kappa shape index (κ2) is 5.76. The van der Waals surface area contributed by atoms with Crippen LogP contribution in [0.25, 0.3) is 0 Å². The van der Waals surface area contributed by atoms with Crippen molar-refractivity contribution in [3.63, 3.8) is 0 Å². The summed E-state index contributed by atoms with van der Waals surface area (Å²) in [7, 11) is 0. The van der Waals surface area contributed by atoms with E-state index < -0.39 is 0 Å². The standard InChI is InChI=1S/C14H20N2O2/c1-10-8-11(10)9-16-14(17)6-7-18-13-4-2-12(15)3-5-13/h2-5,10-11H,6-9,15H2,1H3,(H,16,17). The summed E-state index contributed by atoms with van der Waals surface area (Å²) in [5.74, 6) is 2.26. The Hall–Kier alpha value is -1.71. The summed E-state index contributed by atoms with van der Waals surface area (Å²) >= 11 is 0. The quantitative estimate of drug-likeness (QED) is 0.755. The molecule has 1 fully saturated rings. The minimum atomic E-state index is 0.0598. The summed E-state index contributed by atoms with van der Waals surface area (Å²) in [6.07, 6.45) is 1.63. The Morgan fingerprint density at radius 2 is 2.11 bits per heavy atom. The van der Waals surface area contributed by atoms with Crippen molar-refractivity contribution in [1.29, 1.82) is 0 Å². The molecule has 1 aromatic carbocycles. The van der Waals surface area contributed by atoms with Gasteiger partial charge < -0.3 is 15.8 Å². The second-order valence-electron chi connectivity index (χ2n) is 4.94. The third-order valence-electron chi connectivity index (χ3n) is 3.32. The number of amides is 1. The first kappa shape index (κ1) is 12.7. The molecular formula is C14H20N2O2. The lowest BCUT2D eigenvalue weighted by Gasteiger charge is -2.07. The molecule has 0 bridgehead atoms. The molecule has 0 aromatic heterocycles. The average Bonchev–Trinajstić information content (AvgIpc) is 3.05. The highest BCUT2D eigenvalue weighted by atomic mass is 16.5. The SMILES string of the molecule is CC1CC1CNC(=O)CCOc1ccc(N)cc1. The highest BCUT2D eigenvalue weighted by Crippen LogP contribution is 2.36. The molecular weight excluding hydrogens is 228 g/mol. The summed E-state index contributed by atoms with van der Waals surface area (Å²) in [4.78, 5) is 11.5. The lowest BCUT2D eigenvalue weighted by molar-refractivity contribution is -0.121. The van der Waals surface area contributed by atoms with Crippen LogP contribution >= 0.6 is 0 Å². The number of carbonyl (C=O) groups excluding carboxylic acids is 1. The van der Waals surface area contributed by atoms with Crippen LogP contribution < -0.4 is 15.8 Å². The van der Waals surface area contributed by atoms with E-state index in [1.165, 1.54) is 6.42 Å². The van der Waals surface area contributed by atoms with Gasteiger partial charge in [-0.25, -0.2) is 0 Å². The van der Waals surface area contributed by atoms with E-state index in [2.05, 4.69) is 12.2 Å². The number of rotatable bonds is 6. The lowest BCUT2D eigenvalue weighted by Crippen LogP contribution is -2.27. The Labute approximate surface area is 108 Å². The van der Waals surface area contributed by atoms with Crippen LogP contribution in [0.3, 0.4) is 0 Å². The van der Waals surface area contributed by atoms with Gasteiger partial charge >= 0.3 is 0 Å². The van der Waals surface area contributed by atoms with Crippen molar-refractivity contribution in [2.24, 2.45) is 11.8 Å². The van der Waals surface area contributed by atoms with Gasteiger partial charge in [-0.05, 0) is 42.5 Å². The first-order chi connectivity index (χ1) is 8.65. The van der Waals surface area contributed by atoms with E-state index in [9.17, 15) is 4.79 Å². The zero-order valence-electron chi connectivity index (χ0n) is 10.7. The summed E-state index contributed by atoms with van der Waals surface area (Å²) < 4.78 is 5.46. The first-order valence-corrected chi connectivity index (χ1v) is 6.40. The van der Waals surface area contributed by atoms with E-state index in [0.29, 0.717) is 24.6 Å². The maximum Gasteiger partial charge on any atom is 0.223 e. The van der Waals surface area contributed by atoms with Crippen LogP contribution in [-0.2, 0) is 4.79 Å². The molecule has 1 aliphatic carbocycles. The van der Waals surface area contributed by atoms with Gasteiger partial charge in [0.25, 0.3) is 0 Å². The van der Waals surface area contributed by atoms with Crippen LogP contribution in [0, 0.1) is 11.8 Å². The molecule has 4 heteroatoms. The van der Waals surface area contributed by atoms with Crippen molar-refractivity contribution in [2.45, 2.75) is 19.8 Å². The van der Waals surface area contributed by atoms with Crippen LogP contribution in [-0.4, -0.2) is 19.1 Å². The Morgan fingerprint density at radius 3 is 2.72 bits per heavy atom. The number of nitrogens with two attached hydrogens (primary N) is 1. The topological polar surface area (TPSA) is 64.3 Å². The van der Waals surface area contributed by atoms with Crippen LogP contribution in [0.15, 0.2) is 24.3 Å². The molecule has 0 heterocycles. The normalized spacial score (nSPS) is 21.4. The maximum atomic E-state index is 11.5. The summed E-state index contributed by atoms with van der Waals surface area (Å²) in [5, 5.41) is 2.93. The third kappa shape index (κ3) is 3.95. The third-order valence-corrected chi connectivity index (χ3v) is 3.32. The zero-order chi connectivity index (χ0) is 13.0. The number of hydrogen-bond donors (Lipinski definition) is 2. The van der Waals surface area contributed by atoms with Gasteiger partial charge in [-0.3, -0.25) is 4.79 Å². The van der Waals surface area contributed by atoms with Gasteiger partial charge in [0, 0.05) is 12.2 Å². The molecule has 18 heavy (non-hydrogen) atoms. The van der Waals surface area contributed by atoms with Crippen LogP contribution in [0.4, 0.5) is 5.69 Å². The molecule has 1 saturated carbocycles. The van der Waals surface area contributed by atoms with Crippen molar-refractivity contribution in [3.8, 4) is 5.75 Å². The zero-order valence-corrected chi connectivity index (χ0v) is 10.7. The molecule has 3 N–H and O–H groups in total. The number of nitrogens with one attached hydrogen (secondary N) is 1. The fourth-order valence-electron chi connectivity index (χ4n) is 1.84. The molecule has 1 aromatic rings. The molecule has 98 valence electrons. The molecule has 2 rings (SSSR count). The number of benzene rings is 1. The van der Waals surface area contributed by atoms with Crippen molar-refractivity contribution in [3.05, 3.63) is 24.3 Å². The van der Waals surface area contributed by atoms with Crippen molar-refractivity contribution < 1.29 is 9.53 Å². The van der Waals surface area contributed by atoms with Crippen molar-refractivity contribution in [2.75, 3.05) is 18.9 Å². The number of ether oxygens (including phenoxy) is 1. The number of hydrogen-bond acceptors (Lipinski definition) is 3. The second-order valence-corrected chi connectivity index (χ2v) is 4.94. The van der Waals surface area contributed by atoms with Gasteiger partial charge in [-0.15, -0.1) is 0 Å². The van der Waals surface area contributed by atoms with E-state index in [4.69, 9.17) is 10.5 Å². The maximum absolute atomic E-state index is 11.5. The van der Waals surface area contributed by atoms with Gasteiger partial charge in [0.1, 0.15) is 5.75 Å². The largest absolute Gasteiger partial charge is 0.493 e. The predicted octanol–water partition coefficient (Wildman–Crippen LogP) is 1.81. The highest BCUT2D eigenvalue weighted by molar-refractivity contribution is 5.76. The smallest absolute Gasteiger partial charge is 0.223 e. The number of nitrogen functional groups attached to an aromatic ring is 1. The Balaban J connectivity index is 1.59. The van der Waals surface area contributed by atoms with E-state index >= 15 is 0 Å². The number of carbonyl (C=O) groups is 1. The fourth-order valence-corrected chi connectivity index (χ4v) is 1.84. The van der Waals surface area contributed by atoms with E-state index in [-0.39, 0.29) is 5.91 Å². The van der Waals surface area contributed by atoms with E-state index in [1.54, 1.807) is 24.3 Å². The van der Waals surface area contributed by atoms with Gasteiger partial charge in [0.15, 0.2) is 0 Å². The molecule has 2 unspecified atom stereocenters. The molecule has 2 atom stereocenters. The highest BCUT2D eigenvalue weighted by Gasteiger charge is 2.32. The Kier molecular flexibility index (Phi) is 4.07. The molecule has 1 aliphatic rings. The van der Waals surface area contributed by atoms with Crippen LogP contribution in [0.5, 0.6) is 5.75 Å². The Morgan fingerprint density at radius 1 is 1.44 bits per heavy atom. The molecule has 0 spiro atoms. The molecule has 0 radical (unpaired) electrons. The van der Waals surface area contributed by atoms with Crippen molar-refractivity contribution >= 4 is 11.6 Å². The van der Waals surface area contributed by atoms with Gasteiger partial charge in [0.05, 0.1) is 13.0 Å². The minimum absolute atomic E-state index is 0.0598. The van der Waals surface area contributed by atoms with Gasteiger partial charge in [0.2, 0.25) is 5.91 Å². The first-order valence-electron chi connectivity index (χ1n) is 6.40. The fraction of sp³-hybridized carbons (Fsp3) is 0.500. The minimum Gasteiger partial charge on any atom is -0.493 e. The predicted molar refractivity (Wildman–Crippen MR) is 71.2 cm³/mol. The van der Waals surface area contributed by atoms with E-state index in [0.717, 1.165) is 18.2 Å². The van der Waals surface area contributed by atoms with Crippen LogP contribution in [0.1, 0.15) is 19.8 Å². The molecule has 4 nitrogen and oxygen atoms in total.